The fraction of sp³-hybridized carbons (Fsp3) is 0.308. The first-order valence-electron chi connectivity index (χ1n) is 6.05. The Kier molecular flexibility index (Phi) is 6.13. The van der Waals surface area contributed by atoms with Crippen molar-refractivity contribution in [3.63, 3.8) is 0 Å². The van der Waals surface area contributed by atoms with Crippen LogP contribution in [0, 0.1) is 0 Å². The van der Waals surface area contributed by atoms with E-state index in [1.165, 1.54) is 30.1 Å². The van der Waals surface area contributed by atoms with E-state index in [0.29, 0.717) is 0 Å². The van der Waals surface area contributed by atoms with Gasteiger partial charge in [-0.2, -0.15) is 0 Å². The quantitative estimate of drug-likeness (QED) is 0.716. The fourth-order valence-corrected chi connectivity index (χ4v) is 1.73. The number of rotatable bonds is 6. The lowest BCUT2D eigenvalue weighted by molar-refractivity contribution is -0.122. The molecule has 0 saturated heterocycles. The van der Waals surface area contributed by atoms with Crippen LogP contribution in [0.4, 0.5) is 5.69 Å². The van der Waals surface area contributed by atoms with E-state index < -0.39 is 11.9 Å². The van der Waals surface area contributed by atoms with Crippen LogP contribution in [-0.2, 0) is 9.59 Å². The number of likely N-dealkylation sites (N-methyl/N-ethyl adjacent to an activating group) is 2. The van der Waals surface area contributed by atoms with Crippen LogP contribution in [-0.4, -0.2) is 55.0 Å². The molecule has 0 aliphatic heterocycles. The molecule has 0 aliphatic rings. The van der Waals surface area contributed by atoms with Crippen LogP contribution in [0.1, 0.15) is 10.4 Å². The average molecular weight is 314 g/mol. The first-order valence-corrected chi connectivity index (χ1v) is 6.43. The summed E-state index contributed by atoms with van der Waals surface area (Å²) < 4.78 is 0. The summed E-state index contributed by atoms with van der Waals surface area (Å²) in [6.45, 7) is 0.0495. The largest absolute Gasteiger partial charge is 0.478 e. The smallest absolute Gasteiger partial charge is 0.335 e. The minimum atomic E-state index is -1.11. The summed E-state index contributed by atoms with van der Waals surface area (Å²) >= 11 is 5.90. The lowest BCUT2D eigenvalue weighted by Gasteiger charge is -2.15. The molecule has 0 fully saturated rings. The van der Waals surface area contributed by atoms with E-state index in [4.69, 9.17) is 16.7 Å². The number of hydrogen-bond donors (Lipinski definition) is 3. The molecule has 114 valence electrons. The van der Waals surface area contributed by atoms with Crippen molar-refractivity contribution < 1.29 is 19.5 Å². The predicted octanol–water partition coefficient (Wildman–Crippen LogP) is 0.655. The van der Waals surface area contributed by atoms with Gasteiger partial charge in [-0.1, -0.05) is 11.6 Å². The summed E-state index contributed by atoms with van der Waals surface area (Å²) in [5.74, 6) is -1.72. The van der Waals surface area contributed by atoms with Crippen molar-refractivity contribution >= 4 is 35.1 Å². The molecule has 1 aromatic rings. The van der Waals surface area contributed by atoms with Crippen LogP contribution in [0.5, 0.6) is 0 Å². The summed E-state index contributed by atoms with van der Waals surface area (Å²) in [6.07, 6.45) is 0. The molecule has 0 bridgehead atoms. The summed E-state index contributed by atoms with van der Waals surface area (Å²) in [6, 6.07) is 4.02. The van der Waals surface area contributed by atoms with Crippen molar-refractivity contribution in [2.45, 2.75) is 0 Å². The number of carboxylic acids is 1. The maximum Gasteiger partial charge on any atom is 0.335 e. The summed E-state index contributed by atoms with van der Waals surface area (Å²) in [5, 5.41) is 14.1. The van der Waals surface area contributed by atoms with Crippen LogP contribution in [0.3, 0.4) is 0 Å². The van der Waals surface area contributed by atoms with Gasteiger partial charge in [0.05, 0.1) is 29.4 Å². The van der Waals surface area contributed by atoms with E-state index in [-0.39, 0.29) is 35.3 Å². The minimum absolute atomic E-state index is 0.0217. The van der Waals surface area contributed by atoms with E-state index >= 15 is 0 Å². The van der Waals surface area contributed by atoms with E-state index in [2.05, 4.69) is 10.6 Å². The van der Waals surface area contributed by atoms with Gasteiger partial charge in [0.2, 0.25) is 11.8 Å². The van der Waals surface area contributed by atoms with Crippen LogP contribution >= 0.6 is 11.6 Å². The van der Waals surface area contributed by atoms with Gasteiger partial charge in [-0.25, -0.2) is 4.79 Å². The zero-order valence-corrected chi connectivity index (χ0v) is 12.4. The van der Waals surface area contributed by atoms with Crippen molar-refractivity contribution in [2.24, 2.45) is 0 Å². The van der Waals surface area contributed by atoms with Gasteiger partial charge in [-0.15, -0.1) is 0 Å². The Bertz CT molecular complexity index is 562. The standard InChI is InChI=1S/C13H16ClN3O4/c1-15-11(18)6-17(2)7-12(19)16-10-5-8(13(20)21)3-4-9(10)14/h3-5H,6-7H2,1-2H3,(H,15,18)(H,16,19)(H,20,21). The van der Waals surface area contributed by atoms with Gasteiger partial charge in [0.25, 0.3) is 0 Å². The van der Waals surface area contributed by atoms with Gasteiger partial charge < -0.3 is 15.7 Å². The number of aromatic carboxylic acids is 1. The van der Waals surface area contributed by atoms with Crippen molar-refractivity contribution in [2.75, 3.05) is 32.5 Å². The second-order valence-electron chi connectivity index (χ2n) is 4.39. The Morgan fingerprint density at radius 3 is 2.43 bits per heavy atom. The van der Waals surface area contributed by atoms with Crippen LogP contribution in [0.25, 0.3) is 0 Å². The number of amides is 2. The third-order valence-corrected chi connectivity index (χ3v) is 2.92. The van der Waals surface area contributed by atoms with E-state index in [1.807, 2.05) is 0 Å². The molecular formula is C13H16ClN3O4. The fourth-order valence-electron chi connectivity index (χ4n) is 1.57. The molecule has 0 spiro atoms. The van der Waals surface area contributed by atoms with Gasteiger partial charge >= 0.3 is 5.97 Å². The third kappa shape index (κ3) is 5.41. The summed E-state index contributed by atoms with van der Waals surface area (Å²) in [7, 11) is 3.12. The Morgan fingerprint density at radius 1 is 1.24 bits per heavy atom. The molecule has 2 amide bonds. The normalized spacial score (nSPS) is 10.3. The molecular weight excluding hydrogens is 298 g/mol. The number of halogens is 1. The Hall–Kier alpha value is -2.12. The highest BCUT2D eigenvalue weighted by Crippen LogP contribution is 2.23. The average Bonchev–Trinajstić information content (AvgIpc) is 2.40. The number of nitrogens with one attached hydrogen (secondary N) is 2. The molecule has 8 heteroatoms. The Balaban J connectivity index is 2.68. The van der Waals surface area contributed by atoms with Gasteiger partial charge in [0, 0.05) is 7.05 Å². The number of carboxylic acid groups (broad SMARTS) is 1. The molecule has 0 atom stereocenters. The molecule has 7 nitrogen and oxygen atoms in total. The molecule has 1 rings (SSSR count). The number of nitrogens with zero attached hydrogens (tertiary/aromatic N) is 1. The Labute approximate surface area is 126 Å². The first kappa shape index (κ1) is 16.9. The second kappa shape index (κ2) is 7.61. The molecule has 0 heterocycles. The highest BCUT2D eigenvalue weighted by molar-refractivity contribution is 6.33. The summed E-state index contributed by atoms with van der Waals surface area (Å²) in [4.78, 5) is 35.4. The molecule has 0 aliphatic carbocycles. The summed E-state index contributed by atoms with van der Waals surface area (Å²) in [5.41, 5.74) is 0.239. The zero-order valence-electron chi connectivity index (χ0n) is 11.6. The molecule has 1 aromatic carbocycles. The second-order valence-corrected chi connectivity index (χ2v) is 4.80. The lowest BCUT2D eigenvalue weighted by Crippen LogP contribution is -2.37. The maximum absolute atomic E-state index is 11.8. The van der Waals surface area contributed by atoms with Crippen molar-refractivity contribution in [1.82, 2.24) is 10.2 Å². The van der Waals surface area contributed by atoms with Crippen molar-refractivity contribution in [3.8, 4) is 0 Å². The van der Waals surface area contributed by atoms with Crippen molar-refractivity contribution in [1.29, 1.82) is 0 Å². The SMILES string of the molecule is CNC(=O)CN(C)CC(=O)Nc1cc(C(=O)O)ccc1Cl. The highest BCUT2D eigenvalue weighted by atomic mass is 35.5. The van der Waals surface area contributed by atoms with Crippen LogP contribution in [0.2, 0.25) is 5.02 Å². The number of hydrogen-bond acceptors (Lipinski definition) is 4. The first-order chi connectivity index (χ1) is 9.83. The number of carbonyl (C=O) groups excluding carboxylic acids is 2. The predicted molar refractivity (Wildman–Crippen MR) is 78.6 cm³/mol. The topological polar surface area (TPSA) is 98.7 Å². The molecule has 0 unspecified atom stereocenters. The van der Waals surface area contributed by atoms with E-state index in [1.54, 1.807) is 7.05 Å². The number of benzene rings is 1. The molecule has 0 aromatic heterocycles. The molecule has 21 heavy (non-hydrogen) atoms. The van der Waals surface area contributed by atoms with Crippen molar-refractivity contribution in [3.05, 3.63) is 28.8 Å². The van der Waals surface area contributed by atoms with Gasteiger partial charge in [-0.3, -0.25) is 14.5 Å². The third-order valence-electron chi connectivity index (χ3n) is 2.59. The van der Waals surface area contributed by atoms with Gasteiger partial charge in [-0.05, 0) is 25.2 Å². The maximum atomic E-state index is 11.8. The minimum Gasteiger partial charge on any atom is -0.478 e. The monoisotopic (exact) mass is 313 g/mol. The van der Waals surface area contributed by atoms with Gasteiger partial charge in [0.15, 0.2) is 0 Å². The molecule has 0 radical (unpaired) electrons. The highest BCUT2D eigenvalue weighted by Gasteiger charge is 2.13. The van der Waals surface area contributed by atoms with E-state index in [9.17, 15) is 14.4 Å². The molecule has 3 N–H and O–H groups in total. The molecule has 0 saturated carbocycles. The zero-order chi connectivity index (χ0) is 16.0. The number of carbonyl (C=O) groups is 3. The van der Waals surface area contributed by atoms with Crippen LogP contribution in [0.15, 0.2) is 18.2 Å². The van der Waals surface area contributed by atoms with Crippen LogP contribution < -0.4 is 10.6 Å². The van der Waals surface area contributed by atoms with E-state index in [0.717, 1.165) is 0 Å². The lowest BCUT2D eigenvalue weighted by atomic mass is 10.2. The van der Waals surface area contributed by atoms with Gasteiger partial charge in [0.1, 0.15) is 0 Å². The number of anilines is 1. The Morgan fingerprint density at radius 2 is 1.86 bits per heavy atom.